The molecule has 0 amide bonds. The van der Waals surface area contributed by atoms with Crippen LogP contribution in [0.5, 0.6) is 0 Å². The summed E-state index contributed by atoms with van der Waals surface area (Å²) in [5.74, 6) is 0. The zero-order chi connectivity index (χ0) is 9.97. The van der Waals surface area contributed by atoms with Crippen LogP contribution in [0.2, 0.25) is 5.28 Å². The van der Waals surface area contributed by atoms with Gasteiger partial charge >= 0.3 is 0 Å². The molecule has 1 aliphatic heterocycles. The van der Waals surface area contributed by atoms with Crippen LogP contribution >= 0.6 is 11.6 Å². The first-order valence-electron chi connectivity index (χ1n) is 4.27. The zero-order valence-electron chi connectivity index (χ0n) is 7.43. The van der Waals surface area contributed by atoms with Gasteiger partial charge in [-0.2, -0.15) is 5.06 Å². The van der Waals surface area contributed by atoms with Gasteiger partial charge < -0.3 is 5.11 Å². The van der Waals surface area contributed by atoms with Gasteiger partial charge in [0.05, 0.1) is 31.5 Å². The molecule has 1 atom stereocenters. The van der Waals surface area contributed by atoms with Gasteiger partial charge in [0.15, 0.2) is 0 Å². The minimum atomic E-state index is -0.410. The number of rotatable bonds is 2. The lowest BCUT2D eigenvalue weighted by molar-refractivity contribution is -0.118. The average Bonchev–Trinajstić information content (AvgIpc) is 2.51. The molecule has 1 aromatic heterocycles. The van der Waals surface area contributed by atoms with E-state index in [1.54, 1.807) is 17.3 Å². The van der Waals surface area contributed by atoms with E-state index in [1.165, 1.54) is 0 Å². The maximum atomic E-state index is 9.21. The summed E-state index contributed by atoms with van der Waals surface area (Å²) < 4.78 is 0. The fourth-order valence-electron chi connectivity index (χ4n) is 1.28. The monoisotopic (exact) mass is 215 g/mol. The first-order valence-corrected chi connectivity index (χ1v) is 4.65. The van der Waals surface area contributed by atoms with Crippen molar-refractivity contribution in [1.82, 2.24) is 15.0 Å². The number of β-amino-alcohol motifs (C(OH)–C–C–N with tert-alkyl or cyclic N) is 1. The van der Waals surface area contributed by atoms with Gasteiger partial charge in [0.1, 0.15) is 0 Å². The number of hydrogen-bond donors (Lipinski definition) is 1. The third-order valence-electron chi connectivity index (χ3n) is 1.89. The number of aliphatic hydroxyl groups is 1. The summed E-state index contributed by atoms with van der Waals surface area (Å²) in [7, 11) is 0. The summed E-state index contributed by atoms with van der Waals surface area (Å²) in [5.41, 5.74) is 0.777. The normalized spacial score (nSPS) is 22.9. The van der Waals surface area contributed by atoms with E-state index in [0.29, 0.717) is 19.7 Å². The van der Waals surface area contributed by atoms with Gasteiger partial charge in [0, 0.05) is 6.20 Å². The predicted octanol–water partition coefficient (Wildman–Crippen LogP) is 0.238. The second-order valence-corrected chi connectivity index (χ2v) is 3.43. The van der Waals surface area contributed by atoms with Gasteiger partial charge in [-0.15, -0.1) is 0 Å². The molecule has 76 valence electrons. The molecule has 1 aromatic rings. The Bertz CT molecular complexity index is 323. The van der Waals surface area contributed by atoms with Crippen molar-refractivity contribution < 1.29 is 9.94 Å². The molecule has 2 rings (SSSR count). The summed E-state index contributed by atoms with van der Waals surface area (Å²) in [5, 5.41) is 11.1. The molecule has 0 saturated carbocycles. The quantitative estimate of drug-likeness (QED) is 0.717. The van der Waals surface area contributed by atoms with E-state index in [2.05, 4.69) is 9.97 Å². The lowest BCUT2D eigenvalue weighted by Gasteiger charge is -2.12. The number of halogens is 1. The molecule has 1 fully saturated rings. The Kier molecular flexibility index (Phi) is 2.93. The summed E-state index contributed by atoms with van der Waals surface area (Å²) in [6.07, 6.45) is 1.18. The van der Waals surface area contributed by atoms with E-state index < -0.39 is 6.10 Å². The highest BCUT2D eigenvalue weighted by molar-refractivity contribution is 6.28. The smallest absolute Gasteiger partial charge is 0.222 e. The molecule has 0 bridgehead atoms. The Morgan fingerprint density at radius 1 is 1.71 bits per heavy atom. The van der Waals surface area contributed by atoms with E-state index in [0.717, 1.165) is 5.69 Å². The summed E-state index contributed by atoms with van der Waals surface area (Å²) >= 11 is 5.63. The largest absolute Gasteiger partial charge is 0.389 e. The van der Waals surface area contributed by atoms with Crippen molar-refractivity contribution in [3.63, 3.8) is 0 Å². The summed E-state index contributed by atoms with van der Waals surface area (Å²) in [6, 6.07) is 1.76. The molecule has 1 aliphatic rings. The molecule has 14 heavy (non-hydrogen) atoms. The number of aliphatic hydroxyl groups excluding tert-OH is 1. The number of hydroxylamine groups is 2. The molecular weight excluding hydrogens is 206 g/mol. The molecule has 0 spiro atoms. The topological polar surface area (TPSA) is 58.5 Å². The van der Waals surface area contributed by atoms with E-state index in [4.69, 9.17) is 16.4 Å². The van der Waals surface area contributed by atoms with Crippen molar-refractivity contribution in [1.29, 1.82) is 0 Å². The highest BCUT2D eigenvalue weighted by Gasteiger charge is 2.21. The number of nitrogens with zero attached hydrogens (tertiary/aromatic N) is 3. The number of aromatic nitrogens is 2. The van der Waals surface area contributed by atoms with Gasteiger partial charge in [-0.25, -0.2) is 9.97 Å². The van der Waals surface area contributed by atoms with Gasteiger partial charge in [0.25, 0.3) is 0 Å². The molecule has 0 aliphatic carbocycles. The van der Waals surface area contributed by atoms with Gasteiger partial charge in [-0.1, -0.05) is 0 Å². The first kappa shape index (κ1) is 9.79. The molecule has 0 unspecified atom stereocenters. The molecule has 2 heterocycles. The van der Waals surface area contributed by atoms with Crippen molar-refractivity contribution in [3.8, 4) is 0 Å². The van der Waals surface area contributed by atoms with Crippen LogP contribution in [0.1, 0.15) is 5.69 Å². The van der Waals surface area contributed by atoms with Crippen LogP contribution in [0.3, 0.4) is 0 Å². The van der Waals surface area contributed by atoms with Crippen LogP contribution in [0.15, 0.2) is 12.3 Å². The van der Waals surface area contributed by atoms with E-state index in [1.807, 2.05) is 0 Å². The molecule has 0 radical (unpaired) electrons. The van der Waals surface area contributed by atoms with Crippen LogP contribution in [0.4, 0.5) is 0 Å². The van der Waals surface area contributed by atoms with Crippen LogP contribution < -0.4 is 0 Å². The van der Waals surface area contributed by atoms with E-state index in [9.17, 15) is 5.11 Å². The minimum Gasteiger partial charge on any atom is -0.389 e. The predicted molar refractivity (Wildman–Crippen MR) is 49.4 cm³/mol. The first-order chi connectivity index (χ1) is 6.74. The van der Waals surface area contributed by atoms with Crippen molar-refractivity contribution in [2.45, 2.75) is 12.6 Å². The van der Waals surface area contributed by atoms with Crippen molar-refractivity contribution in [2.24, 2.45) is 0 Å². The maximum Gasteiger partial charge on any atom is 0.222 e. The second-order valence-electron chi connectivity index (χ2n) is 3.09. The zero-order valence-corrected chi connectivity index (χ0v) is 8.18. The van der Waals surface area contributed by atoms with Gasteiger partial charge in [-0.3, -0.25) is 4.84 Å². The summed E-state index contributed by atoms with van der Waals surface area (Å²) in [4.78, 5) is 13.0. The van der Waals surface area contributed by atoms with Crippen molar-refractivity contribution in [3.05, 3.63) is 23.2 Å². The Morgan fingerprint density at radius 3 is 3.21 bits per heavy atom. The van der Waals surface area contributed by atoms with E-state index >= 15 is 0 Å². The highest BCUT2D eigenvalue weighted by Crippen LogP contribution is 2.10. The van der Waals surface area contributed by atoms with Crippen LogP contribution in [0.25, 0.3) is 0 Å². The third-order valence-corrected chi connectivity index (χ3v) is 2.07. The fraction of sp³-hybridized carbons (Fsp3) is 0.500. The second kappa shape index (κ2) is 4.18. The SMILES string of the molecule is O[C@H]1CON(Cc2ccnc(Cl)n2)C1. The maximum absolute atomic E-state index is 9.21. The fourth-order valence-corrected chi connectivity index (χ4v) is 1.45. The van der Waals surface area contributed by atoms with Crippen LogP contribution in [-0.4, -0.2) is 39.4 Å². The van der Waals surface area contributed by atoms with Crippen LogP contribution in [-0.2, 0) is 11.4 Å². The van der Waals surface area contributed by atoms with Crippen LogP contribution in [0, 0.1) is 0 Å². The minimum absolute atomic E-state index is 0.224. The Hall–Kier alpha value is -0.750. The average molecular weight is 216 g/mol. The standard InChI is InChI=1S/C8H10ClN3O2/c9-8-10-2-1-6(11-8)3-12-4-7(13)5-14-12/h1-2,7,13H,3-5H2/t7-/m1/s1. The lowest BCUT2D eigenvalue weighted by Crippen LogP contribution is -2.21. The Morgan fingerprint density at radius 2 is 2.57 bits per heavy atom. The highest BCUT2D eigenvalue weighted by atomic mass is 35.5. The molecule has 0 aromatic carbocycles. The van der Waals surface area contributed by atoms with Crippen molar-refractivity contribution >= 4 is 11.6 Å². The lowest BCUT2D eigenvalue weighted by atomic mass is 10.3. The molecule has 6 heteroatoms. The summed E-state index contributed by atoms with van der Waals surface area (Å²) in [6.45, 7) is 1.36. The molecule has 1 N–H and O–H groups in total. The number of hydrogen-bond acceptors (Lipinski definition) is 5. The molecule has 1 saturated heterocycles. The third kappa shape index (κ3) is 2.39. The van der Waals surface area contributed by atoms with E-state index in [-0.39, 0.29) is 5.28 Å². The molecule has 5 nitrogen and oxygen atoms in total. The van der Waals surface area contributed by atoms with Crippen molar-refractivity contribution in [2.75, 3.05) is 13.2 Å². The Balaban J connectivity index is 1.97. The molecular formula is C8H10ClN3O2. The Labute approximate surface area is 86.2 Å². The van der Waals surface area contributed by atoms with Gasteiger partial charge in [-0.05, 0) is 17.7 Å². The van der Waals surface area contributed by atoms with Gasteiger partial charge in [0.2, 0.25) is 5.28 Å².